The number of hydrogen-bond donors (Lipinski definition) is 1. The third-order valence-corrected chi connectivity index (χ3v) is 6.42. The standard InChI is InChI=1S/C17H16N4O3S3/c1-3-24-12(22)9-25-17-21-20-16(27-17)19-14(23)13-10(2)18-15(26-13)11-7-5-4-6-8-11/h4-8H,3,9H2,1-2H3,(H,19,20,23). The van der Waals surface area contributed by atoms with E-state index in [0.29, 0.717) is 26.6 Å². The summed E-state index contributed by atoms with van der Waals surface area (Å²) in [5.74, 6) is -0.424. The van der Waals surface area contributed by atoms with Gasteiger partial charge in [-0.1, -0.05) is 53.4 Å². The maximum absolute atomic E-state index is 12.6. The molecule has 0 radical (unpaired) electrons. The van der Waals surface area contributed by atoms with Gasteiger partial charge < -0.3 is 4.74 Å². The van der Waals surface area contributed by atoms with E-state index in [1.165, 1.54) is 34.4 Å². The maximum Gasteiger partial charge on any atom is 0.316 e. The Morgan fingerprint density at radius 1 is 1.19 bits per heavy atom. The molecule has 0 spiro atoms. The number of esters is 1. The Bertz CT molecular complexity index is 940. The van der Waals surface area contributed by atoms with Gasteiger partial charge >= 0.3 is 5.97 Å². The molecular weight excluding hydrogens is 404 g/mol. The Morgan fingerprint density at radius 2 is 1.96 bits per heavy atom. The summed E-state index contributed by atoms with van der Waals surface area (Å²) in [6.07, 6.45) is 0. The van der Waals surface area contributed by atoms with E-state index in [1.54, 1.807) is 13.8 Å². The number of thiazole rings is 1. The quantitative estimate of drug-likeness (QED) is 0.352. The van der Waals surface area contributed by atoms with E-state index in [9.17, 15) is 9.59 Å². The molecule has 0 atom stereocenters. The highest BCUT2D eigenvalue weighted by atomic mass is 32.2. The van der Waals surface area contributed by atoms with Gasteiger partial charge in [-0.2, -0.15) is 0 Å². The van der Waals surface area contributed by atoms with E-state index < -0.39 is 0 Å². The summed E-state index contributed by atoms with van der Waals surface area (Å²) in [7, 11) is 0. The number of thioether (sulfide) groups is 1. The van der Waals surface area contributed by atoms with E-state index in [4.69, 9.17) is 4.74 Å². The molecule has 1 N–H and O–H groups in total. The van der Waals surface area contributed by atoms with Gasteiger partial charge in [0.1, 0.15) is 9.88 Å². The van der Waals surface area contributed by atoms with Crippen LogP contribution in [0.2, 0.25) is 0 Å². The first-order chi connectivity index (χ1) is 13.1. The molecule has 1 aromatic carbocycles. The van der Waals surface area contributed by atoms with Crippen molar-refractivity contribution in [1.82, 2.24) is 15.2 Å². The van der Waals surface area contributed by atoms with Gasteiger partial charge in [0.15, 0.2) is 4.34 Å². The lowest BCUT2D eigenvalue weighted by Gasteiger charge is -1.99. The van der Waals surface area contributed by atoms with E-state index >= 15 is 0 Å². The van der Waals surface area contributed by atoms with Crippen LogP contribution in [0.5, 0.6) is 0 Å². The number of nitrogens with zero attached hydrogens (tertiary/aromatic N) is 3. The number of hydrogen-bond acceptors (Lipinski definition) is 9. The first-order valence-electron chi connectivity index (χ1n) is 8.03. The number of ether oxygens (including phenoxy) is 1. The van der Waals surface area contributed by atoms with E-state index in [2.05, 4.69) is 20.5 Å². The Labute approximate surface area is 168 Å². The molecule has 2 heterocycles. The van der Waals surface area contributed by atoms with Crippen molar-refractivity contribution in [3.8, 4) is 10.6 Å². The molecule has 27 heavy (non-hydrogen) atoms. The van der Waals surface area contributed by atoms with Gasteiger partial charge in [-0.25, -0.2) is 4.98 Å². The zero-order chi connectivity index (χ0) is 19.2. The molecule has 0 unspecified atom stereocenters. The molecule has 140 valence electrons. The van der Waals surface area contributed by atoms with Crippen molar-refractivity contribution in [2.45, 2.75) is 18.2 Å². The minimum atomic E-state index is -0.308. The summed E-state index contributed by atoms with van der Waals surface area (Å²) in [6, 6.07) is 9.71. The zero-order valence-electron chi connectivity index (χ0n) is 14.6. The first-order valence-corrected chi connectivity index (χ1v) is 10.6. The second-order valence-corrected chi connectivity index (χ2v) is 8.42. The highest BCUT2D eigenvalue weighted by Crippen LogP contribution is 2.30. The molecule has 0 fully saturated rings. The molecule has 1 amide bonds. The molecule has 0 bridgehead atoms. The largest absolute Gasteiger partial charge is 0.465 e. The third-order valence-electron chi connectivity index (χ3n) is 3.27. The normalized spacial score (nSPS) is 10.6. The summed E-state index contributed by atoms with van der Waals surface area (Å²) in [5, 5.41) is 11.8. The Morgan fingerprint density at radius 3 is 2.70 bits per heavy atom. The molecule has 0 aliphatic rings. The summed E-state index contributed by atoms with van der Waals surface area (Å²) in [6.45, 7) is 3.90. The Kier molecular flexibility index (Phi) is 6.54. The van der Waals surface area contributed by atoms with Gasteiger partial charge in [0.05, 0.1) is 18.1 Å². The SMILES string of the molecule is CCOC(=O)CSc1nnc(NC(=O)c2sc(-c3ccccc3)nc2C)s1. The van der Waals surface area contributed by atoms with Crippen molar-refractivity contribution in [3.63, 3.8) is 0 Å². The fourth-order valence-electron chi connectivity index (χ4n) is 2.11. The maximum atomic E-state index is 12.6. The number of aromatic nitrogens is 3. The summed E-state index contributed by atoms with van der Waals surface area (Å²) in [4.78, 5) is 29.0. The lowest BCUT2D eigenvalue weighted by Crippen LogP contribution is -2.11. The lowest BCUT2D eigenvalue weighted by atomic mass is 10.2. The highest BCUT2D eigenvalue weighted by molar-refractivity contribution is 8.01. The minimum absolute atomic E-state index is 0.158. The fourth-order valence-corrected chi connectivity index (χ4v) is 4.62. The number of anilines is 1. The third kappa shape index (κ3) is 5.12. The molecule has 10 heteroatoms. The second kappa shape index (κ2) is 9.07. The summed E-state index contributed by atoms with van der Waals surface area (Å²) in [5.41, 5.74) is 1.64. The van der Waals surface area contributed by atoms with Crippen molar-refractivity contribution in [3.05, 3.63) is 40.9 Å². The zero-order valence-corrected chi connectivity index (χ0v) is 17.0. The van der Waals surface area contributed by atoms with Crippen molar-refractivity contribution in [2.24, 2.45) is 0 Å². The van der Waals surface area contributed by atoms with Crippen LogP contribution in [0.25, 0.3) is 10.6 Å². The van der Waals surface area contributed by atoms with Crippen LogP contribution in [0.4, 0.5) is 5.13 Å². The van der Waals surface area contributed by atoms with Gasteiger partial charge in [-0.15, -0.1) is 21.5 Å². The topological polar surface area (TPSA) is 94.1 Å². The number of nitrogens with one attached hydrogen (secondary N) is 1. The number of carbonyl (C=O) groups is 2. The minimum Gasteiger partial charge on any atom is -0.465 e. The van der Waals surface area contributed by atoms with Gasteiger partial charge in [-0.3, -0.25) is 14.9 Å². The number of rotatable bonds is 7. The van der Waals surface area contributed by atoms with Gasteiger partial charge in [0.2, 0.25) is 5.13 Å². The van der Waals surface area contributed by atoms with Crippen molar-refractivity contribution in [1.29, 1.82) is 0 Å². The number of carbonyl (C=O) groups excluding carboxylic acids is 2. The molecular formula is C17H16N4O3S3. The highest BCUT2D eigenvalue weighted by Gasteiger charge is 2.18. The smallest absolute Gasteiger partial charge is 0.316 e. The van der Waals surface area contributed by atoms with Crippen LogP contribution < -0.4 is 5.32 Å². The Balaban J connectivity index is 1.64. The predicted molar refractivity (Wildman–Crippen MR) is 108 cm³/mol. The van der Waals surface area contributed by atoms with Gasteiger partial charge in [0.25, 0.3) is 5.91 Å². The van der Waals surface area contributed by atoms with Crippen LogP contribution in [0.15, 0.2) is 34.7 Å². The van der Waals surface area contributed by atoms with E-state index in [1.807, 2.05) is 30.3 Å². The van der Waals surface area contributed by atoms with Crippen LogP contribution in [0.1, 0.15) is 22.3 Å². The molecule has 2 aromatic heterocycles. The van der Waals surface area contributed by atoms with Crippen LogP contribution in [0.3, 0.4) is 0 Å². The molecule has 3 rings (SSSR count). The van der Waals surface area contributed by atoms with Crippen LogP contribution in [0, 0.1) is 6.92 Å². The summed E-state index contributed by atoms with van der Waals surface area (Å²) < 4.78 is 5.45. The average molecular weight is 421 g/mol. The van der Waals surface area contributed by atoms with Gasteiger partial charge in [0, 0.05) is 5.56 Å². The van der Waals surface area contributed by atoms with Crippen molar-refractivity contribution in [2.75, 3.05) is 17.7 Å². The van der Waals surface area contributed by atoms with Crippen LogP contribution >= 0.6 is 34.4 Å². The number of amides is 1. The lowest BCUT2D eigenvalue weighted by molar-refractivity contribution is -0.139. The molecule has 7 nitrogen and oxygen atoms in total. The van der Waals surface area contributed by atoms with Gasteiger partial charge in [-0.05, 0) is 13.8 Å². The molecule has 0 aliphatic heterocycles. The predicted octanol–water partition coefficient (Wildman–Crippen LogP) is 3.88. The fraction of sp³-hybridized carbons (Fsp3) is 0.235. The number of aryl methyl sites for hydroxylation is 1. The molecule has 0 saturated heterocycles. The van der Waals surface area contributed by atoms with E-state index in [-0.39, 0.29) is 17.6 Å². The monoisotopic (exact) mass is 420 g/mol. The average Bonchev–Trinajstić information content (AvgIpc) is 3.27. The van der Waals surface area contributed by atoms with Crippen LogP contribution in [-0.4, -0.2) is 39.4 Å². The van der Waals surface area contributed by atoms with Crippen LogP contribution in [-0.2, 0) is 9.53 Å². The molecule has 0 aliphatic carbocycles. The first kappa shape index (κ1) is 19.5. The Hall–Kier alpha value is -2.30. The van der Waals surface area contributed by atoms with Crippen molar-refractivity contribution < 1.29 is 14.3 Å². The second-order valence-electron chi connectivity index (χ2n) is 5.22. The number of benzene rings is 1. The van der Waals surface area contributed by atoms with Crippen molar-refractivity contribution >= 4 is 51.4 Å². The van der Waals surface area contributed by atoms with E-state index in [0.717, 1.165) is 10.6 Å². The molecule has 3 aromatic rings. The summed E-state index contributed by atoms with van der Waals surface area (Å²) >= 11 is 3.77. The molecule has 0 saturated carbocycles.